The summed E-state index contributed by atoms with van der Waals surface area (Å²) in [5.41, 5.74) is -12.2. The minimum Gasteiger partial charge on any atom is -0.192 e. The van der Waals surface area contributed by atoms with Crippen LogP contribution in [-0.2, 0) is 12.4 Å². The first kappa shape index (κ1) is 26.4. The van der Waals surface area contributed by atoms with E-state index in [0.717, 1.165) is 24.3 Å². The highest BCUT2D eigenvalue weighted by Gasteiger charge is 2.45. The molecular weight excluding hydrogens is 488 g/mol. The monoisotopic (exact) mass is 491 g/mol. The Hall–Kier alpha value is -5.81. The van der Waals surface area contributed by atoms with Gasteiger partial charge in [-0.2, -0.15) is 63.2 Å². The van der Waals surface area contributed by atoms with Gasteiger partial charge in [0.05, 0.1) is 45.0 Å². The molecule has 0 aliphatic carbocycles. The molecule has 0 heterocycles. The lowest BCUT2D eigenvalue weighted by atomic mass is 9.87. The van der Waals surface area contributed by atoms with Gasteiger partial charge in [-0.1, -0.05) is 12.1 Å². The smallest absolute Gasteiger partial charge is 0.192 e. The summed E-state index contributed by atoms with van der Waals surface area (Å²) in [4.78, 5) is 0. The third-order valence-electron chi connectivity index (χ3n) is 4.70. The lowest BCUT2D eigenvalue weighted by Gasteiger charge is -2.19. The summed E-state index contributed by atoms with van der Waals surface area (Å²) in [7, 11) is 0. The van der Waals surface area contributed by atoms with Gasteiger partial charge in [-0.25, -0.2) is 0 Å². The zero-order valence-electron chi connectivity index (χ0n) is 17.1. The van der Waals surface area contributed by atoms with E-state index in [9.17, 15) is 52.7 Å². The minimum atomic E-state index is -5.64. The van der Waals surface area contributed by atoms with Crippen LogP contribution in [0.2, 0.25) is 0 Å². The molecule has 0 aromatic heterocycles. The van der Waals surface area contributed by atoms with Crippen molar-refractivity contribution in [3.8, 4) is 42.5 Å². The Morgan fingerprint density at radius 3 is 1.44 bits per heavy atom. The summed E-state index contributed by atoms with van der Waals surface area (Å²) in [6, 6.07) is 10.9. The Kier molecular flexibility index (Phi) is 7.04. The first-order chi connectivity index (χ1) is 16.9. The maximum absolute atomic E-state index is 14.0. The Morgan fingerprint density at radius 1 is 0.583 bits per heavy atom. The number of hydrogen-bond acceptors (Lipinski definition) is 7. The van der Waals surface area contributed by atoms with Crippen molar-refractivity contribution in [2.75, 3.05) is 0 Å². The van der Waals surface area contributed by atoms with Crippen LogP contribution >= 0.6 is 0 Å². The van der Waals surface area contributed by atoms with Gasteiger partial charge in [0.25, 0.3) is 0 Å². The largest absolute Gasteiger partial charge is 0.418 e. The van der Waals surface area contributed by atoms with Crippen LogP contribution in [0.25, 0.3) is 11.1 Å². The second-order valence-electron chi connectivity index (χ2n) is 6.54. The van der Waals surface area contributed by atoms with Gasteiger partial charge < -0.3 is 0 Å². The normalized spacial score (nSPS) is 11.3. The van der Waals surface area contributed by atoms with Crippen LogP contribution in [0.5, 0.6) is 0 Å². The van der Waals surface area contributed by atoms with Gasteiger partial charge >= 0.3 is 12.4 Å². The van der Waals surface area contributed by atoms with Crippen molar-refractivity contribution in [3.63, 3.8) is 0 Å². The maximum atomic E-state index is 14.0. The standard InChI is InChI=1S/C23H3F6N7/c24-22(25,26)20-11(4-30)3-15(21(19(20)10-36)23(27,28)29)17(8-34)14-2-1-13(12(5-31)6-32)16(7-33)18(14)9-35/h1-3H/b17-14-. The fraction of sp³-hybridized carbons (Fsp3) is 0.0870. The van der Waals surface area contributed by atoms with Gasteiger partial charge in [-0.15, -0.1) is 0 Å². The predicted molar refractivity (Wildman–Crippen MR) is 104 cm³/mol. The number of rotatable bonds is 1. The minimum absolute atomic E-state index is 0.119. The van der Waals surface area contributed by atoms with Crippen molar-refractivity contribution in [2.24, 2.45) is 0 Å². The van der Waals surface area contributed by atoms with Crippen LogP contribution in [0.4, 0.5) is 26.3 Å². The van der Waals surface area contributed by atoms with Crippen LogP contribution in [-0.4, -0.2) is 0 Å². The number of alkyl halides is 6. The van der Waals surface area contributed by atoms with Crippen molar-refractivity contribution in [2.45, 2.75) is 12.4 Å². The summed E-state index contributed by atoms with van der Waals surface area (Å²) < 4.78 is 82.5. The van der Waals surface area contributed by atoms with E-state index in [1.54, 1.807) is 0 Å². The summed E-state index contributed by atoms with van der Waals surface area (Å²) in [6.45, 7) is 0. The van der Waals surface area contributed by atoms with Crippen LogP contribution in [0.15, 0.2) is 18.2 Å². The lowest BCUT2D eigenvalue weighted by molar-refractivity contribution is -0.143. The van der Waals surface area contributed by atoms with Gasteiger partial charge in [0, 0.05) is 16.0 Å². The maximum Gasteiger partial charge on any atom is 0.418 e. The highest BCUT2D eigenvalue weighted by Crippen LogP contribution is 2.44. The van der Waals surface area contributed by atoms with E-state index in [1.165, 1.54) is 30.3 Å². The average Bonchev–Trinajstić information content (AvgIpc) is 2.82. The number of nitrogens with zero attached hydrogens (tertiary/aromatic N) is 7. The summed E-state index contributed by atoms with van der Waals surface area (Å²) >= 11 is 0. The van der Waals surface area contributed by atoms with E-state index in [4.69, 9.17) is 10.5 Å². The number of halogens is 6. The van der Waals surface area contributed by atoms with Crippen molar-refractivity contribution in [1.82, 2.24) is 0 Å². The second kappa shape index (κ2) is 9.59. The molecule has 0 N–H and O–H groups in total. The molecule has 2 aromatic rings. The lowest BCUT2D eigenvalue weighted by Crippen LogP contribution is -2.24. The third-order valence-corrected chi connectivity index (χ3v) is 4.70. The van der Waals surface area contributed by atoms with Crippen LogP contribution in [0, 0.1) is 79.3 Å². The number of benzene rings is 2. The molecule has 172 valence electrons. The van der Waals surface area contributed by atoms with E-state index in [0.29, 0.717) is 0 Å². The molecule has 2 aromatic carbocycles. The predicted octanol–water partition coefficient (Wildman–Crippen LogP) is 3.13. The molecule has 0 unspecified atom stereocenters. The molecule has 0 fully saturated rings. The summed E-state index contributed by atoms with van der Waals surface area (Å²) in [5.74, 6) is 0. The van der Waals surface area contributed by atoms with E-state index < -0.39 is 67.7 Å². The van der Waals surface area contributed by atoms with E-state index in [-0.39, 0.29) is 11.3 Å². The van der Waals surface area contributed by atoms with Crippen molar-refractivity contribution >= 4 is 11.1 Å². The van der Waals surface area contributed by atoms with Crippen molar-refractivity contribution in [1.29, 1.82) is 36.8 Å². The molecule has 0 saturated heterocycles. The zero-order valence-corrected chi connectivity index (χ0v) is 17.1. The molecular formula is C23H3F6N7. The molecule has 0 spiro atoms. The molecule has 0 aliphatic heterocycles. The van der Waals surface area contributed by atoms with Crippen molar-refractivity contribution < 1.29 is 26.3 Å². The van der Waals surface area contributed by atoms with E-state index >= 15 is 0 Å². The molecule has 36 heavy (non-hydrogen) atoms. The first-order valence-corrected chi connectivity index (χ1v) is 8.94. The Labute approximate surface area is 197 Å². The molecule has 7 nitrogen and oxygen atoms in total. The summed E-state index contributed by atoms with van der Waals surface area (Å²) in [5, 5.41) is 64.2. The van der Waals surface area contributed by atoms with Crippen LogP contribution in [0.3, 0.4) is 0 Å². The number of hydrogen-bond donors (Lipinski definition) is 0. The molecule has 0 radical (unpaired) electrons. The first-order valence-electron chi connectivity index (χ1n) is 8.94. The number of nitriles is 7. The highest BCUT2D eigenvalue weighted by atomic mass is 19.4. The van der Waals surface area contributed by atoms with Crippen LogP contribution < -0.4 is 10.4 Å². The van der Waals surface area contributed by atoms with E-state index in [1.807, 2.05) is 0 Å². The van der Waals surface area contributed by atoms with E-state index in [2.05, 4.69) is 0 Å². The Bertz CT molecular complexity index is 1720. The summed E-state index contributed by atoms with van der Waals surface area (Å²) in [6.07, 6.45) is -11.2. The van der Waals surface area contributed by atoms with Gasteiger partial charge in [-0.3, -0.25) is 0 Å². The Morgan fingerprint density at radius 2 is 1.06 bits per heavy atom. The average molecular weight is 491 g/mol. The molecule has 0 aliphatic rings. The molecule has 0 saturated carbocycles. The molecule has 0 bridgehead atoms. The van der Waals surface area contributed by atoms with Gasteiger partial charge in [0.2, 0.25) is 0 Å². The molecule has 0 atom stereocenters. The quantitative estimate of drug-likeness (QED) is 0.552. The van der Waals surface area contributed by atoms with Gasteiger partial charge in [0.15, 0.2) is 0 Å². The fourth-order valence-electron chi connectivity index (χ4n) is 3.33. The highest BCUT2D eigenvalue weighted by molar-refractivity contribution is 5.83. The topological polar surface area (TPSA) is 167 Å². The van der Waals surface area contributed by atoms with Crippen LogP contribution in [0.1, 0.15) is 38.9 Å². The van der Waals surface area contributed by atoms with Crippen molar-refractivity contribution in [3.05, 3.63) is 67.6 Å². The molecule has 13 heteroatoms. The Balaban J connectivity index is 3.42. The fourth-order valence-corrected chi connectivity index (χ4v) is 3.33. The molecule has 0 amide bonds. The van der Waals surface area contributed by atoms with Gasteiger partial charge in [0.1, 0.15) is 42.0 Å². The molecule has 2 rings (SSSR count). The SMILES string of the molecule is N#CC(C#N)=c1cc/c(=C(\C#N)c2cc(C#N)c(C(F)(F)F)c(C#N)c2C(F)(F)F)c(C#N)c1C#N. The third kappa shape index (κ3) is 4.35. The van der Waals surface area contributed by atoms with Gasteiger partial charge in [-0.05, 0) is 6.07 Å². The second-order valence-corrected chi connectivity index (χ2v) is 6.54. The zero-order chi connectivity index (χ0) is 27.4.